The molecule has 100 valence electrons. The van der Waals surface area contributed by atoms with Gasteiger partial charge in [0.15, 0.2) is 0 Å². The molecule has 0 heterocycles. The zero-order chi connectivity index (χ0) is 13.6. The number of hydrogen-bond acceptors (Lipinski definition) is 3. The second-order valence-electron chi connectivity index (χ2n) is 5.44. The summed E-state index contributed by atoms with van der Waals surface area (Å²) < 4.78 is 5.11. The number of alkyl carbamates (subject to hydrolysis) is 1. The number of hydrogen-bond donors (Lipinski definition) is 2. The van der Waals surface area contributed by atoms with Gasteiger partial charge >= 0.3 is 6.09 Å². The van der Waals surface area contributed by atoms with E-state index in [1.165, 1.54) is 0 Å². The predicted octanol–water partition coefficient (Wildman–Crippen LogP) is 1.67. The fourth-order valence-electron chi connectivity index (χ4n) is 1.33. The molecule has 1 atom stereocenters. The second-order valence-corrected chi connectivity index (χ2v) is 5.44. The number of likely N-dealkylation sites (N-methyl/N-ethyl adjacent to an activating group) is 1. The smallest absolute Gasteiger partial charge is 0.408 e. The molecule has 0 bridgehead atoms. The molecule has 0 saturated heterocycles. The van der Waals surface area contributed by atoms with Crippen molar-refractivity contribution in [2.45, 2.75) is 52.7 Å². The molecule has 1 unspecified atom stereocenters. The molecular formula is C12H24N2O3. The zero-order valence-electron chi connectivity index (χ0n) is 11.6. The van der Waals surface area contributed by atoms with Gasteiger partial charge in [-0.05, 0) is 33.1 Å². The van der Waals surface area contributed by atoms with Crippen molar-refractivity contribution in [3.8, 4) is 0 Å². The maximum absolute atomic E-state index is 11.6. The number of amides is 2. The molecule has 0 rings (SSSR count). The molecule has 0 saturated carbocycles. The molecule has 0 aliphatic carbocycles. The Kier molecular flexibility index (Phi) is 5.99. The van der Waals surface area contributed by atoms with Crippen LogP contribution in [0, 0.1) is 5.92 Å². The van der Waals surface area contributed by atoms with E-state index in [-0.39, 0.29) is 5.91 Å². The predicted molar refractivity (Wildman–Crippen MR) is 66.7 cm³/mol. The molecular weight excluding hydrogens is 220 g/mol. The Bertz CT molecular complexity index is 269. The van der Waals surface area contributed by atoms with Crippen LogP contribution in [0.3, 0.4) is 0 Å². The van der Waals surface area contributed by atoms with Crippen molar-refractivity contribution in [2.75, 3.05) is 7.05 Å². The van der Waals surface area contributed by atoms with Gasteiger partial charge < -0.3 is 15.4 Å². The fraction of sp³-hybridized carbons (Fsp3) is 0.833. The molecule has 5 heteroatoms. The maximum Gasteiger partial charge on any atom is 0.408 e. The molecule has 5 nitrogen and oxygen atoms in total. The van der Waals surface area contributed by atoms with Crippen LogP contribution in [0.5, 0.6) is 0 Å². The van der Waals surface area contributed by atoms with Gasteiger partial charge in [0.2, 0.25) is 5.91 Å². The number of carbonyl (C=O) groups excluding carboxylic acids is 2. The van der Waals surface area contributed by atoms with Gasteiger partial charge in [0, 0.05) is 7.05 Å². The molecule has 2 N–H and O–H groups in total. The molecule has 0 aromatic heterocycles. The molecule has 0 radical (unpaired) electrons. The summed E-state index contributed by atoms with van der Waals surface area (Å²) in [5, 5.41) is 5.11. The molecule has 17 heavy (non-hydrogen) atoms. The van der Waals surface area contributed by atoms with Crippen molar-refractivity contribution in [1.82, 2.24) is 10.6 Å². The quantitative estimate of drug-likeness (QED) is 0.790. The Morgan fingerprint density at radius 2 is 1.76 bits per heavy atom. The van der Waals surface area contributed by atoms with Crippen LogP contribution in [-0.2, 0) is 9.53 Å². The second kappa shape index (κ2) is 6.47. The molecule has 2 amide bonds. The third-order valence-electron chi connectivity index (χ3n) is 1.96. The van der Waals surface area contributed by atoms with Crippen molar-refractivity contribution < 1.29 is 14.3 Å². The van der Waals surface area contributed by atoms with Crippen molar-refractivity contribution in [3.63, 3.8) is 0 Å². The van der Waals surface area contributed by atoms with E-state index in [0.717, 1.165) is 0 Å². The monoisotopic (exact) mass is 244 g/mol. The van der Waals surface area contributed by atoms with Crippen LogP contribution in [0.15, 0.2) is 0 Å². The van der Waals surface area contributed by atoms with E-state index < -0.39 is 17.7 Å². The number of carbonyl (C=O) groups is 2. The number of rotatable bonds is 4. The first-order chi connectivity index (χ1) is 7.65. The van der Waals surface area contributed by atoms with Crippen LogP contribution in [-0.4, -0.2) is 30.7 Å². The first-order valence-electron chi connectivity index (χ1n) is 5.87. The van der Waals surface area contributed by atoms with Crippen molar-refractivity contribution >= 4 is 12.0 Å². The first-order valence-corrected chi connectivity index (χ1v) is 5.87. The highest BCUT2D eigenvalue weighted by Crippen LogP contribution is 2.09. The minimum atomic E-state index is -0.563. The van der Waals surface area contributed by atoms with Gasteiger partial charge in [-0.15, -0.1) is 0 Å². The topological polar surface area (TPSA) is 67.4 Å². The minimum absolute atomic E-state index is 0.204. The van der Waals surface area contributed by atoms with Gasteiger partial charge in [-0.3, -0.25) is 4.79 Å². The van der Waals surface area contributed by atoms with Crippen molar-refractivity contribution in [3.05, 3.63) is 0 Å². The summed E-state index contributed by atoms with van der Waals surface area (Å²) in [6.45, 7) is 9.33. The van der Waals surface area contributed by atoms with E-state index in [2.05, 4.69) is 10.6 Å². The summed E-state index contributed by atoms with van der Waals surface area (Å²) in [5.74, 6) is 0.108. The first kappa shape index (κ1) is 15.7. The average Bonchev–Trinajstić information content (AvgIpc) is 2.11. The third-order valence-corrected chi connectivity index (χ3v) is 1.96. The standard InChI is InChI=1S/C12H24N2O3/c1-8(2)7-9(10(15)13-6)14-11(16)17-12(3,4)5/h8-9H,7H2,1-6H3,(H,13,15)(H,14,16). The largest absolute Gasteiger partial charge is 0.444 e. The number of nitrogens with one attached hydrogen (secondary N) is 2. The molecule has 0 spiro atoms. The van der Waals surface area contributed by atoms with Crippen molar-refractivity contribution in [1.29, 1.82) is 0 Å². The fourth-order valence-corrected chi connectivity index (χ4v) is 1.33. The van der Waals surface area contributed by atoms with E-state index in [4.69, 9.17) is 4.74 Å². The Morgan fingerprint density at radius 1 is 1.24 bits per heavy atom. The summed E-state index contributed by atoms with van der Waals surface area (Å²) in [4.78, 5) is 23.1. The Labute approximate surface area is 103 Å². The molecule has 0 aliphatic heterocycles. The molecule has 0 aliphatic rings. The molecule has 0 aromatic carbocycles. The summed E-state index contributed by atoms with van der Waals surface area (Å²) in [6.07, 6.45) is 0.0191. The van der Waals surface area contributed by atoms with E-state index in [1.54, 1.807) is 27.8 Å². The Hall–Kier alpha value is -1.26. The average molecular weight is 244 g/mol. The Morgan fingerprint density at radius 3 is 2.12 bits per heavy atom. The van der Waals surface area contributed by atoms with E-state index in [9.17, 15) is 9.59 Å². The highest BCUT2D eigenvalue weighted by atomic mass is 16.6. The Balaban J connectivity index is 4.43. The summed E-state index contributed by atoms with van der Waals surface area (Å²) in [5.41, 5.74) is -0.560. The van der Waals surface area contributed by atoms with Crippen LogP contribution < -0.4 is 10.6 Å². The minimum Gasteiger partial charge on any atom is -0.444 e. The van der Waals surface area contributed by atoms with Gasteiger partial charge in [0.25, 0.3) is 0 Å². The van der Waals surface area contributed by atoms with Crippen LogP contribution in [0.4, 0.5) is 4.79 Å². The summed E-state index contributed by atoms with van der Waals surface area (Å²) >= 11 is 0. The normalized spacial score (nSPS) is 13.1. The maximum atomic E-state index is 11.6. The van der Waals surface area contributed by atoms with Crippen LogP contribution in [0.2, 0.25) is 0 Å². The highest BCUT2D eigenvalue weighted by Gasteiger charge is 2.24. The highest BCUT2D eigenvalue weighted by molar-refractivity contribution is 5.85. The van der Waals surface area contributed by atoms with Gasteiger partial charge in [-0.1, -0.05) is 13.8 Å². The van der Waals surface area contributed by atoms with Crippen molar-refractivity contribution in [2.24, 2.45) is 5.92 Å². The summed E-state index contributed by atoms with van der Waals surface area (Å²) in [7, 11) is 1.55. The van der Waals surface area contributed by atoms with Crippen LogP contribution in [0.25, 0.3) is 0 Å². The van der Waals surface area contributed by atoms with Gasteiger partial charge in [-0.2, -0.15) is 0 Å². The lowest BCUT2D eigenvalue weighted by Gasteiger charge is -2.23. The van der Waals surface area contributed by atoms with Gasteiger partial charge in [0.1, 0.15) is 11.6 Å². The molecule has 0 fully saturated rings. The third kappa shape index (κ3) is 7.60. The summed E-state index contributed by atoms with van der Waals surface area (Å²) in [6, 6.07) is -0.546. The van der Waals surface area contributed by atoms with E-state index >= 15 is 0 Å². The lowest BCUT2D eigenvalue weighted by Crippen LogP contribution is -2.47. The van der Waals surface area contributed by atoms with E-state index in [0.29, 0.717) is 12.3 Å². The zero-order valence-corrected chi connectivity index (χ0v) is 11.6. The lowest BCUT2D eigenvalue weighted by molar-refractivity contribution is -0.123. The van der Waals surface area contributed by atoms with E-state index in [1.807, 2.05) is 13.8 Å². The van der Waals surface area contributed by atoms with Gasteiger partial charge in [-0.25, -0.2) is 4.79 Å². The lowest BCUT2D eigenvalue weighted by atomic mass is 10.0. The number of ether oxygens (including phenoxy) is 1. The van der Waals surface area contributed by atoms with Crippen LogP contribution in [0.1, 0.15) is 41.0 Å². The van der Waals surface area contributed by atoms with Gasteiger partial charge in [0.05, 0.1) is 0 Å². The van der Waals surface area contributed by atoms with Crippen LogP contribution >= 0.6 is 0 Å². The SMILES string of the molecule is CNC(=O)C(CC(C)C)NC(=O)OC(C)(C)C. The molecule has 0 aromatic rings.